The summed E-state index contributed by atoms with van der Waals surface area (Å²) in [5.74, 6) is -3.74. The van der Waals surface area contributed by atoms with E-state index in [9.17, 15) is 20.1 Å². The zero-order valence-electron chi connectivity index (χ0n) is 15.1. The molecule has 1 aliphatic heterocycles. The van der Waals surface area contributed by atoms with Crippen LogP contribution in [-0.4, -0.2) is 18.9 Å². The number of hydrogen-bond donors (Lipinski definition) is 1. The summed E-state index contributed by atoms with van der Waals surface area (Å²) in [4.78, 5) is 24.2. The van der Waals surface area contributed by atoms with Crippen LogP contribution < -0.4 is 14.8 Å². The monoisotopic (exact) mass is 375 g/mol. The number of amides is 2. The van der Waals surface area contributed by atoms with Gasteiger partial charge >= 0.3 is 0 Å². The van der Waals surface area contributed by atoms with Gasteiger partial charge in [-0.2, -0.15) is 10.5 Å². The van der Waals surface area contributed by atoms with Crippen molar-refractivity contribution >= 4 is 11.8 Å². The second-order valence-electron chi connectivity index (χ2n) is 6.28. The molecule has 2 atom stereocenters. The van der Waals surface area contributed by atoms with E-state index in [1.165, 1.54) is 7.11 Å². The van der Waals surface area contributed by atoms with E-state index in [1.807, 2.05) is 42.5 Å². The predicted octanol–water partition coefficient (Wildman–Crippen LogP) is 2.29. The van der Waals surface area contributed by atoms with Gasteiger partial charge in [-0.05, 0) is 23.3 Å². The summed E-state index contributed by atoms with van der Waals surface area (Å²) in [5, 5.41) is 20.9. The second-order valence-corrected chi connectivity index (χ2v) is 6.28. The molecular formula is C21H17N3O4. The second kappa shape index (κ2) is 8.24. The summed E-state index contributed by atoms with van der Waals surface area (Å²) in [6, 6.07) is 18.2. The molecule has 1 fully saturated rings. The quantitative estimate of drug-likeness (QED) is 0.803. The largest absolute Gasteiger partial charge is 0.493 e. The Bertz CT molecular complexity index is 943. The molecule has 140 valence electrons. The fraction of sp³-hybridized carbons (Fsp3) is 0.238. The van der Waals surface area contributed by atoms with Gasteiger partial charge in [0.05, 0.1) is 19.2 Å². The van der Waals surface area contributed by atoms with Crippen molar-refractivity contribution in [3.63, 3.8) is 0 Å². The number of hydrogen-bond acceptors (Lipinski definition) is 6. The van der Waals surface area contributed by atoms with Gasteiger partial charge in [-0.1, -0.05) is 36.4 Å². The smallest absolute Gasteiger partial charge is 0.244 e. The van der Waals surface area contributed by atoms with Crippen molar-refractivity contribution in [2.45, 2.75) is 12.5 Å². The minimum Gasteiger partial charge on any atom is -0.493 e. The van der Waals surface area contributed by atoms with Crippen molar-refractivity contribution in [1.82, 2.24) is 5.32 Å². The van der Waals surface area contributed by atoms with Gasteiger partial charge in [0, 0.05) is 5.92 Å². The van der Waals surface area contributed by atoms with Crippen LogP contribution in [0.2, 0.25) is 0 Å². The van der Waals surface area contributed by atoms with E-state index in [0.29, 0.717) is 17.1 Å². The topological polar surface area (TPSA) is 112 Å². The van der Waals surface area contributed by atoms with E-state index < -0.39 is 29.6 Å². The van der Waals surface area contributed by atoms with Gasteiger partial charge in [-0.25, -0.2) is 0 Å². The van der Waals surface area contributed by atoms with Crippen molar-refractivity contribution in [3.05, 3.63) is 59.7 Å². The highest BCUT2D eigenvalue weighted by Gasteiger charge is 2.45. The van der Waals surface area contributed by atoms with Crippen molar-refractivity contribution in [2.24, 2.45) is 11.8 Å². The van der Waals surface area contributed by atoms with Crippen LogP contribution in [0.25, 0.3) is 0 Å². The zero-order chi connectivity index (χ0) is 20.1. The van der Waals surface area contributed by atoms with Gasteiger partial charge in [0.25, 0.3) is 0 Å². The average molecular weight is 375 g/mol. The van der Waals surface area contributed by atoms with E-state index in [0.717, 1.165) is 5.56 Å². The molecule has 28 heavy (non-hydrogen) atoms. The van der Waals surface area contributed by atoms with E-state index >= 15 is 0 Å². The standard InChI is InChI=1S/C21H17N3O4/c1-27-17-8-7-14(9-18(17)28-12-13-5-3-2-4-6-13)19-15(10-22)20(25)24-21(26)16(19)11-23/h2-9,15-16,19H,12H2,1H3,(H,24,25,26). The van der Waals surface area contributed by atoms with Crippen molar-refractivity contribution < 1.29 is 19.1 Å². The molecule has 0 bridgehead atoms. The fourth-order valence-electron chi connectivity index (χ4n) is 3.21. The first-order valence-corrected chi connectivity index (χ1v) is 8.57. The third kappa shape index (κ3) is 3.65. The minimum absolute atomic E-state index is 0.286. The lowest BCUT2D eigenvalue weighted by molar-refractivity contribution is -0.137. The number of rotatable bonds is 5. The molecule has 3 rings (SSSR count). The van der Waals surface area contributed by atoms with Gasteiger partial charge in [0.1, 0.15) is 18.4 Å². The number of nitriles is 2. The van der Waals surface area contributed by atoms with Gasteiger partial charge in [-0.3, -0.25) is 14.9 Å². The Hall–Kier alpha value is -3.84. The Kier molecular flexibility index (Phi) is 5.57. The number of nitrogens with one attached hydrogen (secondary N) is 1. The number of carbonyl (C=O) groups is 2. The molecule has 7 nitrogen and oxygen atoms in total. The van der Waals surface area contributed by atoms with Crippen LogP contribution in [0.3, 0.4) is 0 Å². The van der Waals surface area contributed by atoms with E-state index in [2.05, 4.69) is 5.32 Å². The molecule has 0 aliphatic carbocycles. The molecule has 1 aliphatic rings. The maximum absolute atomic E-state index is 12.1. The molecule has 1 N–H and O–H groups in total. The number of carbonyl (C=O) groups excluding carboxylic acids is 2. The van der Waals surface area contributed by atoms with Gasteiger partial charge in [-0.15, -0.1) is 0 Å². The summed E-state index contributed by atoms with van der Waals surface area (Å²) in [6.07, 6.45) is 0. The molecule has 0 aromatic heterocycles. The van der Waals surface area contributed by atoms with Gasteiger partial charge < -0.3 is 9.47 Å². The number of benzene rings is 2. The first-order chi connectivity index (χ1) is 13.6. The Morgan fingerprint density at radius 1 is 0.964 bits per heavy atom. The van der Waals surface area contributed by atoms with Crippen LogP contribution in [0.15, 0.2) is 48.5 Å². The van der Waals surface area contributed by atoms with E-state index in [1.54, 1.807) is 18.2 Å². The normalized spacial score (nSPS) is 21.2. The Labute approximate surface area is 162 Å². The van der Waals surface area contributed by atoms with Crippen LogP contribution in [0, 0.1) is 34.5 Å². The van der Waals surface area contributed by atoms with Crippen LogP contribution in [0.4, 0.5) is 0 Å². The van der Waals surface area contributed by atoms with Gasteiger partial charge in [0.15, 0.2) is 11.5 Å². The summed E-state index contributed by atoms with van der Waals surface area (Å²) in [6.45, 7) is 0.286. The van der Waals surface area contributed by atoms with Crippen molar-refractivity contribution in [3.8, 4) is 23.6 Å². The number of piperidine rings is 1. The molecule has 0 spiro atoms. The lowest BCUT2D eigenvalue weighted by Gasteiger charge is -2.30. The highest BCUT2D eigenvalue weighted by molar-refractivity contribution is 6.03. The predicted molar refractivity (Wildman–Crippen MR) is 97.9 cm³/mol. The van der Waals surface area contributed by atoms with Crippen LogP contribution >= 0.6 is 0 Å². The average Bonchev–Trinajstić information content (AvgIpc) is 2.72. The minimum atomic E-state index is -1.15. The maximum atomic E-state index is 12.1. The highest BCUT2D eigenvalue weighted by Crippen LogP contribution is 2.39. The van der Waals surface area contributed by atoms with Gasteiger partial charge in [0.2, 0.25) is 11.8 Å². The molecule has 7 heteroatoms. The Balaban J connectivity index is 1.96. The number of nitrogens with zero attached hydrogens (tertiary/aromatic N) is 2. The molecule has 2 aromatic carbocycles. The highest BCUT2D eigenvalue weighted by atomic mass is 16.5. The maximum Gasteiger partial charge on any atom is 0.244 e. The Morgan fingerprint density at radius 3 is 2.18 bits per heavy atom. The molecule has 2 unspecified atom stereocenters. The molecule has 0 saturated carbocycles. The summed E-state index contributed by atoms with van der Waals surface area (Å²) in [7, 11) is 1.50. The lowest BCUT2D eigenvalue weighted by atomic mass is 9.74. The van der Waals surface area contributed by atoms with E-state index in [-0.39, 0.29) is 6.61 Å². The number of ether oxygens (including phenoxy) is 2. The molecule has 2 aromatic rings. The van der Waals surface area contributed by atoms with Crippen molar-refractivity contribution in [1.29, 1.82) is 10.5 Å². The molecule has 2 amide bonds. The van der Waals surface area contributed by atoms with Crippen LogP contribution in [-0.2, 0) is 16.2 Å². The van der Waals surface area contributed by atoms with E-state index in [4.69, 9.17) is 9.47 Å². The van der Waals surface area contributed by atoms with Crippen molar-refractivity contribution in [2.75, 3.05) is 7.11 Å². The summed E-state index contributed by atoms with van der Waals surface area (Å²) >= 11 is 0. The zero-order valence-corrected chi connectivity index (χ0v) is 15.1. The summed E-state index contributed by atoms with van der Waals surface area (Å²) in [5.41, 5.74) is 1.44. The molecular weight excluding hydrogens is 358 g/mol. The number of methoxy groups -OCH3 is 1. The lowest BCUT2D eigenvalue weighted by Crippen LogP contribution is -2.49. The van der Waals surface area contributed by atoms with Crippen LogP contribution in [0.1, 0.15) is 17.0 Å². The third-order valence-corrected chi connectivity index (χ3v) is 4.62. The summed E-state index contributed by atoms with van der Waals surface area (Å²) < 4.78 is 11.2. The first kappa shape index (κ1) is 18.9. The molecule has 1 saturated heterocycles. The Morgan fingerprint density at radius 2 is 1.61 bits per heavy atom. The van der Waals surface area contributed by atoms with Crippen LogP contribution in [0.5, 0.6) is 11.5 Å². The number of imide groups is 1. The third-order valence-electron chi connectivity index (χ3n) is 4.62. The fourth-order valence-corrected chi connectivity index (χ4v) is 3.21. The SMILES string of the molecule is COc1ccc(C2C(C#N)C(=O)NC(=O)C2C#N)cc1OCc1ccccc1. The first-order valence-electron chi connectivity index (χ1n) is 8.57. The molecule has 0 radical (unpaired) electrons. The molecule has 1 heterocycles.